The monoisotopic (exact) mass is 419 g/mol. The van der Waals surface area contributed by atoms with E-state index in [1.54, 1.807) is 18.7 Å². The Hall–Kier alpha value is -3.51. The van der Waals surface area contributed by atoms with Crippen LogP contribution in [0.5, 0.6) is 0 Å². The summed E-state index contributed by atoms with van der Waals surface area (Å²) in [5.41, 5.74) is 2.52. The van der Waals surface area contributed by atoms with Gasteiger partial charge >= 0.3 is 0 Å². The minimum atomic E-state index is -0.0375. The normalized spacial score (nSPS) is 17.3. The van der Waals surface area contributed by atoms with Crippen LogP contribution in [0.3, 0.4) is 0 Å². The van der Waals surface area contributed by atoms with E-state index < -0.39 is 0 Å². The number of rotatable bonds is 5. The smallest absolute Gasteiger partial charge is 0.149 e. The first-order valence-electron chi connectivity index (χ1n) is 9.65. The summed E-state index contributed by atoms with van der Waals surface area (Å²) in [5.74, 6) is 1.02. The molecular formula is C20H18ClN9. The van der Waals surface area contributed by atoms with E-state index in [0.29, 0.717) is 11.6 Å². The molecule has 0 bridgehead atoms. The van der Waals surface area contributed by atoms with E-state index >= 15 is 0 Å². The van der Waals surface area contributed by atoms with Gasteiger partial charge in [0.25, 0.3) is 0 Å². The van der Waals surface area contributed by atoms with Gasteiger partial charge in [-0.3, -0.25) is 9.67 Å². The maximum absolute atomic E-state index is 9.45. The molecule has 30 heavy (non-hydrogen) atoms. The fourth-order valence-corrected chi connectivity index (χ4v) is 4.25. The summed E-state index contributed by atoms with van der Waals surface area (Å²) in [4.78, 5) is 22.4. The first-order valence-corrected chi connectivity index (χ1v) is 10.0. The molecule has 1 aliphatic rings. The molecule has 1 fully saturated rings. The summed E-state index contributed by atoms with van der Waals surface area (Å²) in [7, 11) is 0. The number of halogens is 1. The molecule has 5 heterocycles. The summed E-state index contributed by atoms with van der Waals surface area (Å²) >= 11 is 5.99. The van der Waals surface area contributed by atoms with E-state index in [1.807, 2.05) is 23.1 Å². The Morgan fingerprint density at radius 1 is 1.30 bits per heavy atom. The number of fused-ring (bicyclic) bond motifs is 1. The van der Waals surface area contributed by atoms with Gasteiger partial charge in [-0.05, 0) is 12.5 Å². The minimum Gasteiger partial charge on any atom is -0.355 e. The number of anilines is 1. The average Bonchev–Trinajstić information content (AvgIpc) is 3.52. The quantitative estimate of drug-likeness (QED) is 0.528. The maximum Gasteiger partial charge on any atom is 0.149 e. The molecule has 2 unspecified atom stereocenters. The number of hydrogen-bond acceptors (Lipinski definition) is 7. The zero-order chi connectivity index (χ0) is 20.5. The zero-order valence-corrected chi connectivity index (χ0v) is 16.7. The van der Waals surface area contributed by atoms with Gasteiger partial charge in [-0.25, -0.2) is 15.0 Å². The molecule has 0 spiro atoms. The van der Waals surface area contributed by atoms with E-state index in [2.05, 4.69) is 41.0 Å². The largest absolute Gasteiger partial charge is 0.355 e. The minimum absolute atomic E-state index is 0.0375. The van der Waals surface area contributed by atoms with Gasteiger partial charge in [0, 0.05) is 42.4 Å². The molecule has 4 aromatic rings. The van der Waals surface area contributed by atoms with Crippen molar-refractivity contribution < 1.29 is 0 Å². The second-order valence-electron chi connectivity index (χ2n) is 7.30. The van der Waals surface area contributed by atoms with Crippen molar-refractivity contribution in [2.75, 3.05) is 18.0 Å². The molecule has 5 rings (SSSR count). The predicted molar refractivity (Wildman–Crippen MR) is 112 cm³/mol. The summed E-state index contributed by atoms with van der Waals surface area (Å²) in [5, 5.41) is 15.4. The Bertz CT molecular complexity index is 1220. The Kier molecular flexibility index (Phi) is 4.77. The first kappa shape index (κ1) is 18.5. The van der Waals surface area contributed by atoms with Crippen molar-refractivity contribution >= 4 is 28.5 Å². The number of aromatic amines is 1. The van der Waals surface area contributed by atoms with Gasteiger partial charge in [0.15, 0.2) is 0 Å². The molecule has 0 amide bonds. The van der Waals surface area contributed by atoms with Crippen LogP contribution in [0.15, 0.2) is 43.4 Å². The van der Waals surface area contributed by atoms with Crippen molar-refractivity contribution in [2.24, 2.45) is 5.92 Å². The number of aromatic nitrogens is 7. The molecule has 2 atom stereocenters. The number of hydrogen-bond donors (Lipinski definition) is 1. The molecular weight excluding hydrogens is 402 g/mol. The van der Waals surface area contributed by atoms with Gasteiger partial charge < -0.3 is 9.88 Å². The van der Waals surface area contributed by atoms with E-state index in [9.17, 15) is 5.26 Å². The van der Waals surface area contributed by atoms with E-state index in [1.165, 1.54) is 6.20 Å². The molecule has 0 saturated carbocycles. The molecule has 9 nitrogen and oxygen atoms in total. The van der Waals surface area contributed by atoms with Gasteiger partial charge in [0.05, 0.1) is 42.8 Å². The van der Waals surface area contributed by atoms with Crippen LogP contribution in [0.1, 0.15) is 18.9 Å². The molecule has 150 valence electrons. The second-order valence-corrected chi connectivity index (χ2v) is 7.68. The van der Waals surface area contributed by atoms with Gasteiger partial charge in [-0.2, -0.15) is 10.4 Å². The fraction of sp³-hybridized carbons (Fsp3) is 0.300. The lowest BCUT2D eigenvalue weighted by Crippen LogP contribution is -2.25. The lowest BCUT2D eigenvalue weighted by Gasteiger charge is -2.22. The van der Waals surface area contributed by atoms with Crippen molar-refractivity contribution in [3.05, 3.63) is 48.5 Å². The maximum atomic E-state index is 9.45. The Balaban J connectivity index is 1.41. The third-order valence-corrected chi connectivity index (χ3v) is 5.74. The van der Waals surface area contributed by atoms with Crippen molar-refractivity contribution in [1.29, 1.82) is 5.26 Å². The third-order valence-electron chi connectivity index (χ3n) is 5.55. The highest BCUT2D eigenvalue weighted by Crippen LogP contribution is 2.33. The number of nitriles is 1. The van der Waals surface area contributed by atoms with Crippen molar-refractivity contribution in [3.63, 3.8) is 0 Å². The average molecular weight is 420 g/mol. The Morgan fingerprint density at radius 2 is 2.23 bits per heavy atom. The van der Waals surface area contributed by atoms with Crippen LogP contribution >= 0.6 is 11.6 Å². The van der Waals surface area contributed by atoms with Crippen LogP contribution in [-0.2, 0) is 0 Å². The van der Waals surface area contributed by atoms with E-state index in [0.717, 1.165) is 47.6 Å². The molecule has 0 radical (unpaired) electrons. The van der Waals surface area contributed by atoms with E-state index in [4.69, 9.17) is 11.6 Å². The topological polar surface area (TPSA) is 112 Å². The molecule has 1 aliphatic heterocycles. The first-order chi connectivity index (χ1) is 14.7. The van der Waals surface area contributed by atoms with Gasteiger partial charge in [0.2, 0.25) is 0 Å². The van der Waals surface area contributed by atoms with Crippen LogP contribution in [0, 0.1) is 17.2 Å². The second kappa shape index (κ2) is 7.72. The highest BCUT2D eigenvalue weighted by Gasteiger charge is 2.32. The van der Waals surface area contributed by atoms with E-state index in [-0.39, 0.29) is 12.0 Å². The van der Waals surface area contributed by atoms with Crippen LogP contribution < -0.4 is 4.90 Å². The third kappa shape index (κ3) is 3.35. The lowest BCUT2D eigenvalue weighted by atomic mass is 9.96. The number of nitrogens with zero attached hydrogens (tertiary/aromatic N) is 8. The number of H-pyrrole nitrogens is 1. The van der Waals surface area contributed by atoms with Crippen molar-refractivity contribution in [1.82, 2.24) is 34.7 Å². The molecule has 0 aliphatic carbocycles. The predicted octanol–water partition coefficient (Wildman–Crippen LogP) is 3.25. The summed E-state index contributed by atoms with van der Waals surface area (Å²) in [6, 6.07) is 4.24. The lowest BCUT2D eigenvalue weighted by molar-refractivity contribution is 0.332. The zero-order valence-electron chi connectivity index (χ0n) is 16.0. The highest BCUT2D eigenvalue weighted by molar-refractivity contribution is 6.29. The summed E-state index contributed by atoms with van der Waals surface area (Å²) in [6.07, 6.45) is 11.7. The molecule has 0 aromatic carbocycles. The Morgan fingerprint density at radius 3 is 3.10 bits per heavy atom. The van der Waals surface area contributed by atoms with Gasteiger partial charge in [-0.15, -0.1) is 0 Å². The molecule has 10 heteroatoms. The number of nitrogens with one attached hydrogen (secondary N) is 1. The highest BCUT2D eigenvalue weighted by atomic mass is 35.5. The van der Waals surface area contributed by atoms with Crippen LogP contribution in [-0.4, -0.2) is 47.8 Å². The van der Waals surface area contributed by atoms with Crippen LogP contribution in [0.4, 0.5) is 5.82 Å². The Labute approximate surface area is 177 Å². The molecule has 4 aromatic heterocycles. The van der Waals surface area contributed by atoms with Crippen LogP contribution in [0.25, 0.3) is 22.3 Å². The molecule has 1 saturated heterocycles. The standard InChI is InChI=1S/C20H18ClN9/c21-17-8-23-9-18(28-17)29-6-3-13(10-29)16(1-4-22)30-11-14(7-27-30)19-15-2-5-24-20(15)26-12-25-19/h2,5,7-9,11-13,16H,1,3,6,10H2,(H,24,25,26). The summed E-state index contributed by atoms with van der Waals surface area (Å²) in [6.45, 7) is 1.61. The van der Waals surface area contributed by atoms with Gasteiger partial charge in [-0.1, -0.05) is 11.6 Å². The molecule has 1 N–H and O–H groups in total. The fourth-order valence-electron chi connectivity index (χ4n) is 4.11. The van der Waals surface area contributed by atoms with Crippen molar-refractivity contribution in [2.45, 2.75) is 18.9 Å². The van der Waals surface area contributed by atoms with Gasteiger partial charge in [0.1, 0.15) is 22.9 Å². The summed E-state index contributed by atoms with van der Waals surface area (Å²) < 4.78 is 1.90. The van der Waals surface area contributed by atoms with Crippen molar-refractivity contribution in [3.8, 4) is 17.3 Å². The van der Waals surface area contributed by atoms with Crippen LogP contribution in [0.2, 0.25) is 5.15 Å². The SMILES string of the molecule is N#CCC(C1CCN(c2cncc(Cl)n2)C1)n1cc(-c2ncnc3[nH]ccc23)cn1.